The second kappa shape index (κ2) is 10.7. The Morgan fingerprint density at radius 3 is 2.33 bits per heavy atom. The maximum Gasteiger partial charge on any atom is 0.271 e. The van der Waals surface area contributed by atoms with Crippen LogP contribution in [0.3, 0.4) is 0 Å². The Bertz CT molecular complexity index is 1320. The molecule has 0 saturated carbocycles. The molecule has 1 aromatic heterocycles. The highest BCUT2D eigenvalue weighted by Crippen LogP contribution is 2.38. The summed E-state index contributed by atoms with van der Waals surface area (Å²) < 4.78 is 33.7. The molecule has 12 heteroatoms. The van der Waals surface area contributed by atoms with Crippen LogP contribution in [0.25, 0.3) is 11.4 Å². The molecule has 0 bridgehead atoms. The van der Waals surface area contributed by atoms with Gasteiger partial charge in [-0.25, -0.2) is 8.42 Å². The van der Waals surface area contributed by atoms with Gasteiger partial charge in [0.25, 0.3) is 10.0 Å². The molecule has 0 spiro atoms. The molecule has 1 aliphatic rings. The van der Waals surface area contributed by atoms with Crippen LogP contribution >= 0.6 is 12.6 Å². The highest BCUT2D eigenvalue weighted by Gasteiger charge is 2.28. The zero-order valence-electron chi connectivity index (χ0n) is 20.5. The summed E-state index contributed by atoms with van der Waals surface area (Å²) in [6, 6.07) is 8.79. The second-order valence-corrected chi connectivity index (χ2v) is 11.3. The number of benzene rings is 2. The van der Waals surface area contributed by atoms with Crippen molar-refractivity contribution in [2.75, 3.05) is 46.4 Å². The van der Waals surface area contributed by atoms with E-state index in [2.05, 4.69) is 39.7 Å². The Labute approximate surface area is 216 Å². The molecular formula is C24H31N5O5S2. The van der Waals surface area contributed by atoms with Gasteiger partial charge in [0.1, 0.15) is 23.9 Å². The van der Waals surface area contributed by atoms with E-state index in [1.54, 1.807) is 12.1 Å². The van der Waals surface area contributed by atoms with Gasteiger partial charge in [-0.3, -0.25) is 4.90 Å². The molecule has 0 amide bonds. The van der Waals surface area contributed by atoms with Crippen LogP contribution in [0.4, 0.5) is 0 Å². The predicted octanol–water partition coefficient (Wildman–Crippen LogP) is 2.63. The maximum atomic E-state index is 13.5. The van der Waals surface area contributed by atoms with E-state index >= 15 is 0 Å². The van der Waals surface area contributed by atoms with Gasteiger partial charge < -0.3 is 19.8 Å². The van der Waals surface area contributed by atoms with Crippen LogP contribution in [0.1, 0.15) is 25.3 Å². The zero-order chi connectivity index (χ0) is 26.0. The van der Waals surface area contributed by atoms with Crippen molar-refractivity contribution in [3.8, 4) is 28.6 Å². The number of phenolic OH excluding ortho intramolecular Hbond substituents is 2. The number of nitrogens with zero attached hydrogens (tertiary/aromatic N) is 5. The number of likely N-dealkylation sites (N-methyl/N-ethyl adjacent to an activating group) is 1. The summed E-state index contributed by atoms with van der Waals surface area (Å²) in [5.41, 5.74) is 0.658. The standard InChI is InChI=1S/C24H31N5O5S2/c1-16(2)19-14-20(22(31)15-21(19)30)23-25-26-24(35)29(23)36(32,33)18-6-4-17(5-7-18)34-13-12-28-10-8-27(3)9-11-28/h4-7,14-16,30-31H,8-13H2,1-3H3,(H,26,35). The highest BCUT2D eigenvalue weighted by atomic mass is 32.2. The van der Waals surface area contributed by atoms with Crippen LogP contribution in [0.2, 0.25) is 0 Å². The molecule has 2 heterocycles. The van der Waals surface area contributed by atoms with Crippen LogP contribution in [0, 0.1) is 0 Å². The van der Waals surface area contributed by atoms with Crippen molar-refractivity contribution in [3.05, 3.63) is 42.0 Å². The Morgan fingerprint density at radius 1 is 1.03 bits per heavy atom. The Balaban J connectivity index is 1.55. The van der Waals surface area contributed by atoms with E-state index in [0.717, 1.165) is 36.7 Å². The molecular weight excluding hydrogens is 502 g/mol. The lowest BCUT2D eigenvalue weighted by molar-refractivity contribution is 0.133. The van der Waals surface area contributed by atoms with Crippen LogP contribution in [0.15, 0.2) is 46.5 Å². The summed E-state index contributed by atoms with van der Waals surface area (Å²) in [7, 11) is -2.04. The lowest BCUT2D eigenvalue weighted by Gasteiger charge is -2.32. The molecule has 0 atom stereocenters. The SMILES string of the molecule is CC(C)c1cc(-c2nnc(S)n2S(=O)(=O)c2ccc(OCCN3CCN(C)CC3)cc2)c(O)cc1O. The summed E-state index contributed by atoms with van der Waals surface area (Å²) >= 11 is 4.20. The minimum absolute atomic E-state index is 0.00683. The number of phenols is 2. The van der Waals surface area contributed by atoms with E-state index in [0.29, 0.717) is 17.9 Å². The molecule has 36 heavy (non-hydrogen) atoms. The molecule has 1 saturated heterocycles. The van der Waals surface area contributed by atoms with Crippen LogP contribution in [0.5, 0.6) is 17.2 Å². The van der Waals surface area contributed by atoms with Crippen molar-refractivity contribution in [2.24, 2.45) is 0 Å². The quantitative estimate of drug-likeness (QED) is 0.375. The molecule has 4 rings (SSSR count). The van der Waals surface area contributed by atoms with Gasteiger partial charge >= 0.3 is 0 Å². The summed E-state index contributed by atoms with van der Waals surface area (Å²) in [5.74, 6) is -0.0212. The van der Waals surface area contributed by atoms with Gasteiger partial charge in [0, 0.05) is 38.8 Å². The number of aromatic nitrogens is 3. The molecule has 0 aliphatic carbocycles. The van der Waals surface area contributed by atoms with Gasteiger partial charge in [-0.1, -0.05) is 13.8 Å². The minimum Gasteiger partial charge on any atom is -0.508 e. The van der Waals surface area contributed by atoms with E-state index < -0.39 is 10.0 Å². The van der Waals surface area contributed by atoms with Gasteiger partial charge in [-0.15, -0.1) is 22.8 Å². The van der Waals surface area contributed by atoms with Crippen molar-refractivity contribution in [2.45, 2.75) is 29.8 Å². The van der Waals surface area contributed by atoms with E-state index in [4.69, 9.17) is 4.74 Å². The van der Waals surface area contributed by atoms with Gasteiger partial charge in [0.2, 0.25) is 5.16 Å². The normalized spacial score (nSPS) is 15.5. The Kier molecular flexibility index (Phi) is 7.79. The van der Waals surface area contributed by atoms with Gasteiger partial charge in [-0.05, 0) is 48.9 Å². The first-order chi connectivity index (χ1) is 17.1. The predicted molar refractivity (Wildman–Crippen MR) is 139 cm³/mol. The number of rotatable bonds is 8. The summed E-state index contributed by atoms with van der Waals surface area (Å²) in [4.78, 5) is 4.62. The molecule has 0 unspecified atom stereocenters. The average Bonchev–Trinajstić information content (AvgIpc) is 3.22. The first-order valence-electron chi connectivity index (χ1n) is 11.7. The summed E-state index contributed by atoms with van der Waals surface area (Å²) in [5, 5.41) is 28.3. The second-order valence-electron chi connectivity index (χ2n) is 9.14. The number of ether oxygens (including phenoxy) is 1. The van der Waals surface area contributed by atoms with Crippen molar-refractivity contribution < 1.29 is 23.4 Å². The third-order valence-corrected chi connectivity index (χ3v) is 8.37. The monoisotopic (exact) mass is 533 g/mol. The Hall–Kier alpha value is -2.80. The first kappa shape index (κ1) is 26.3. The largest absolute Gasteiger partial charge is 0.508 e. The van der Waals surface area contributed by atoms with Crippen LogP contribution < -0.4 is 4.74 Å². The fourth-order valence-electron chi connectivity index (χ4n) is 4.07. The molecule has 2 N–H and O–H groups in total. The number of piperazine rings is 1. The zero-order valence-corrected chi connectivity index (χ0v) is 22.2. The van der Waals surface area contributed by atoms with E-state index in [1.807, 2.05) is 13.8 Å². The van der Waals surface area contributed by atoms with Gasteiger partial charge in [0.15, 0.2) is 5.82 Å². The number of hydrogen-bond acceptors (Lipinski definition) is 10. The summed E-state index contributed by atoms with van der Waals surface area (Å²) in [6.45, 7) is 9.11. The number of thiol groups is 1. The Morgan fingerprint density at radius 2 is 1.69 bits per heavy atom. The van der Waals surface area contributed by atoms with Crippen molar-refractivity contribution >= 4 is 22.7 Å². The topological polar surface area (TPSA) is 121 Å². The lowest BCUT2D eigenvalue weighted by Crippen LogP contribution is -2.45. The first-order valence-corrected chi connectivity index (χ1v) is 13.6. The van der Waals surface area contributed by atoms with E-state index in [-0.39, 0.29) is 38.9 Å². The van der Waals surface area contributed by atoms with Crippen molar-refractivity contribution in [1.29, 1.82) is 0 Å². The third kappa shape index (κ3) is 5.46. The molecule has 194 valence electrons. The molecule has 2 aromatic carbocycles. The third-order valence-electron chi connectivity index (χ3n) is 6.25. The molecule has 1 fully saturated rings. The van der Waals surface area contributed by atoms with Crippen molar-refractivity contribution in [3.63, 3.8) is 0 Å². The fraction of sp³-hybridized carbons (Fsp3) is 0.417. The highest BCUT2D eigenvalue weighted by molar-refractivity contribution is 7.90. The molecule has 1 aliphatic heterocycles. The lowest BCUT2D eigenvalue weighted by atomic mass is 9.98. The van der Waals surface area contributed by atoms with Crippen LogP contribution in [-0.4, -0.2) is 89.0 Å². The smallest absolute Gasteiger partial charge is 0.271 e. The van der Waals surface area contributed by atoms with E-state index in [1.165, 1.54) is 24.3 Å². The van der Waals surface area contributed by atoms with Gasteiger partial charge in [-0.2, -0.15) is 3.97 Å². The average molecular weight is 534 g/mol. The maximum absolute atomic E-state index is 13.5. The van der Waals surface area contributed by atoms with Crippen LogP contribution in [-0.2, 0) is 10.0 Å². The van der Waals surface area contributed by atoms with Crippen molar-refractivity contribution in [1.82, 2.24) is 24.0 Å². The molecule has 3 aromatic rings. The number of aromatic hydroxyl groups is 2. The number of hydrogen-bond donors (Lipinski definition) is 3. The van der Waals surface area contributed by atoms with E-state index in [9.17, 15) is 18.6 Å². The minimum atomic E-state index is -4.15. The summed E-state index contributed by atoms with van der Waals surface area (Å²) in [6.07, 6.45) is 0. The van der Waals surface area contributed by atoms with Gasteiger partial charge in [0.05, 0.1) is 10.5 Å². The fourth-order valence-corrected chi connectivity index (χ4v) is 5.83. The molecule has 0 radical (unpaired) electrons. The molecule has 10 nitrogen and oxygen atoms in total.